The lowest BCUT2D eigenvalue weighted by atomic mass is 10.0. The molecular formula is C13H25N3O2. The van der Waals surface area contributed by atoms with Crippen LogP contribution in [0.3, 0.4) is 0 Å². The predicted molar refractivity (Wildman–Crippen MR) is 70.7 cm³/mol. The first-order valence-electron chi connectivity index (χ1n) is 7.17. The number of hydrogen-bond acceptors (Lipinski definition) is 4. The van der Waals surface area contributed by atoms with Gasteiger partial charge < -0.3 is 15.0 Å². The number of nitrogens with one attached hydrogen (secondary N) is 1. The van der Waals surface area contributed by atoms with Gasteiger partial charge >= 0.3 is 6.09 Å². The van der Waals surface area contributed by atoms with E-state index in [2.05, 4.69) is 10.2 Å². The quantitative estimate of drug-likeness (QED) is 0.796. The van der Waals surface area contributed by atoms with Crippen molar-refractivity contribution < 1.29 is 9.53 Å². The Balaban J connectivity index is 1.82. The number of ether oxygens (including phenoxy) is 1. The molecule has 0 bridgehead atoms. The first-order chi connectivity index (χ1) is 8.81. The highest BCUT2D eigenvalue weighted by molar-refractivity contribution is 5.67. The molecule has 2 fully saturated rings. The van der Waals surface area contributed by atoms with Gasteiger partial charge in [-0.15, -0.1) is 0 Å². The van der Waals surface area contributed by atoms with E-state index in [-0.39, 0.29) is 6.09 Å². The van der Waals surface area contributed by atoms with Crippen molar-refractivity contribution in [2.24, 2.45) is 0 Å². The fraction of sp³-hybridized carbons (Fsp3) is 0.923. The van der Waals surface area contributed by atoms with E-state index in [1.165, 1.54) is 12.8 Å². The summed E-state index contributed by atoms with van der Waals surface area (Å²) in [5.41, 5.74) is 0. The minimum absolute atomic E-state index is 0.148. The molecule has 0 aromatic heterocycles. The van der Waals surface area contributed by atoms with Crippen LogP contribution in [0.1, 0.15) is 26.2 Å². The summed E-state index contributed by atoms with van der Waals surface area (Å²) in [5, 5.41) is 3.40. The molecule has 2 rings (SSSR count). The normalized spacial score (nSPS) is 23.7. The van der Waals surface area contributed by atoms with Crippen molar-refractivity contribution in [3.05, 3.63) is 0 Å². The highest BCUT2D eigenvalue weighted by atomic mass is 16.6. The number of rotatable bonds is 2. The van der Waals surface area contributed by atoms with Gasteiger partial charge in [-0.1, -0.05) is 0 Å². The van der Waals surface area contributed by atoms with E-state index in [1.807, 2.05) is 11.8 Å². The number of piperidine rings is 1. The summed E-state index contributed by atoms with van der Waals surface area (Å²) in [6.07, 6.45) is 3.38. The Morgan fingerprint density at radius 3 is 2.72 bits per heavy atom. The molecule has 2 aliphatic heterocycles. The van der Waals surface area contributed by atoms with Crippen LogP contribution in [0.25, 0.3) is 0 Å². The van der Waals surface area contributed by atoms with Crippen molar-refractivity contribution in [2.45, 2.75) is 32.2 Å². The van der Waals surface area contributed by atoms with E-state index in [0.29, 0.717) is 12.6 Å². The third-order valence-corrected chi connectivity index (χ3v) is 3.88. The van der Waals surface area contributed by atoms with Gasteiger partial charge in [-0.25, -0.2) is 4.79 Å². The average molecular weight is 255 g/mol. The van der Waals surface area contributed by atoms with Gasteiger partial charge in [-0.3, -0.25) is 4.90 Å². The molecule has 0 aromatic rings. The van der Waals surface area contributed by atoms with Gasteiger partial charge in [-0.05, 0) is 39.3 Å². The Morgan fingerprint density at radius 1 is 1.22 bits per heavy atom. The molecule has 104 valence electrons. The van der Waals surface area contributed by atoms with E-state index in [0.717, 1.165) is 45.7 Å². The summed E-state index contributed by atoms with van der Waals surface area (Å²) in [4.78, 5) is 16.1. The molecule has 0 unspecified atom stereocenters. The van der Waals surface area contributed by atoms with Crippen LogP contribution in [0.2, 0.25) is 0 Å². The first kappa shape index (κ1) is 13.6. The summed E-state index contributed by atoms with van der Waals surface area (Å²) in [6, 6.07) is 0.702. The van der Waals surface area contributed by atoms with Gasteiger partial charge in [0.15, 0.2) is 0 Å². The zero-order valence-electron chi connectivity index (χ0n) is 11.4. The van der Waals surface area contributed by atoms with Crippen LogP contribution in [-0.4, -0.2) is 67.8 Å². The van der Waals surface area contributed by atoms with E-state index in [4.69, 9.17) is 4.74 Å². The fourth-order valence-electron chi connectivity index (χ4n) is 2.87. The number of hydrogen-bond donors (Lipinski definition) is 1. The molecule has 0 atom stereocenters. The van der Waals surface area contributed by atoms with Crippen LogP contribution in [0.5, 0.6) is 0 Å². The summed E-state index contributed by atoms with van der Waals surface area (Å²) in [5.74, 6) is 0. The van der Waals surface area contributed by atoms with Gasteiger partial charge in [0.05, 0.1) is 6.61 Å². The monoisotopic (exact) mass is 255 g/mol. The molecule has 0 aliphatic carbocycles. The molecule has 0 spiro atoms. The van der Waals surface area contributed by atoms with Crippen molar-refractivity contribution in [3.8, 4) is 0 Å². The van der Waals surface area contributed by atoms with E-state index >= 15 is 0 Å². The Kier molecular flexibility index (Phi) is 5.26. The Hall–Kier alpha value is -0.810. The van der Waals surface area contributed by atoms with E-state index in [1.54, 1.807) is 0 Å². The molecule has 1 N–H and O–H groups in total. The second kappa shape index (κ2) is 6.95. The van der Waals surface area contributed by atoms with Crippen molar-refractivity contribution >= 4 is 6.09 Å². The van der Waals surface area contributed by atoms with Crippen LogP contribution < -0.4 is 5.32 Å². The lowest BCUT2D eigenvalue weighted by Crippen LogP contribution is -2.45. The van der Waals surface area contributed by atoms with Crippen LogP contribution in [0.15, 0.2) is 0 Å². The largest absolute Gasteiger partial charge is 0.450 e. The molecule has 2 aliphatic rings. The first-order valence-corrected chi connectivity index (χ1v) is 7.17. The third kappa shape index (κ3) is 3.59. The minimum Gasteiger partial charge on any atom is -0.450 e. The van der Waals surface area contributed by atoms with Crippen molar-refractivity contribution in [3.63, 3.8) is 0 Å². The molecule has 2 saturated heterocycles. The lowest BCUT2D eigenvalue weighted by Gasteiger charge is -2.33. The maximum absolute atomic E-state index is 11.7. The molecule has 0 radical (unpaired) electrons. The summed E-state index contributed by atoms with van der Waals surface area (Å²) >= 11 is 0. The minimum atomic E-state index is -0.148. The van der Waals surface area contributed by atoms with Crippen LogP contribution in [0, 0.1) is 0 Å². The molecule has 5 nitrogen and oxygen atoms in total. The topological polar surface area (TPSA) is 44.8 Å². The standard InChI is InChI=1S/C13H25N3O2/c1-2-18-13(17)16-9-3-8-15(10-11-16)12-4-6-14-7-5-12/h12,14H,2-11H2,1H3. The van der Waals surface area contributed by atoms with Crippen molar-refractivity contribution in [2.75, 3.05) is 45.9 Å². The lowest BCUT2D eigenvalue weighted by molar-refractivity contribution is 0.106. The van der Waals surface area contributed by atoms with Gasteiger partial charge in [0, 0.05) is 32.2 Å². The Bertz CT molecular complexity index is 267. The van der Waals surface area contributed by atoms with E-state index < -0.39 is 0 Å². The molecule has 18 heavy (non-hydrogen) atoms. The highest BCUT2D eigenvalue weighted by Gasteiger charge is 2.25. The number of carbonyl (C=O) groups excluding carboxylic acids is 1. The molecule has 0 aromatic carbocycles. The molecule has 0 saturated carbocycles. The smallest absolute Gasteiger partial charge is 0.409 e. The van der Waals surface area contributed by atoms with Crippen molar-refractivity contribution in [1.29, 1.82) is 0 Å². The molecular weight excluding hydrogens is 230 g/mol. The number of nitrogens with zero attached hydrogens (tertiary/aromatic N) is 2. The summed E-state index contributed by atoms with van der Waals surface area (Å²) in [7, 11) is 0. The second-order valence-electron chi connectivity index (χ2n) is 5.06. The van der Waals surface area contributed by atoms with Crippen molar-refractivity contribution in [1.82, 2.24) is 15.1 Å². The SMILES string of the molecule is CCOC(=O)N1CCCN(C2CCNCC2)CC1. The maximum Gasteiger partial charge on any atom is 0.409 e. The van der Waals surface area contributed by atoms with Crippen LogP contribution in [0.4, 0.5) is 4.79 Å². The van der Waals surface area contributed by atoms with E-state index in [9.17, 15) is 4.79 Å². The predicted octanol–water partition coefficient (Wildman–Crippen LogP) is 0.903. The zero-order valence-corrected chi connectivity index (χ0v) is 11.4. The molecule has 5 heteroatoms. The number of carbonyl (C=O) groups is 1. The zero-order chi connectivity index (χ0) is 12.8. The van der Waals surface area contributed by atoms with Gasteiger partial charge in [0.1, 0.15) is 0 Å². The highest BCUT2D eigenvalue weighted by Crippen LogP contribution is 2.15. The maximum atomic E-state index is 11.7. The van der Waals surface area contributed by atoms with Gasteiger partial charge in [-0.2, -0.15) is 0 Å². The average Bonchev–Trinajstić information content (AvgIpc) is 2.66. The molecule has 2 heterocycles. The molecule has 1 amide bonds. The summed E-state index contributed by atoms with van der Waals surface area (Å²) < 4.78 is 5.08. The van der Waals surface area contributed by atoms with Crippen LogP contribution in [-0.2, 0) is 4.74 Å². The van der Waals surface area contributed by atoms with Gasteiger partial charge in [0.2, 0.25) is 0 Å². The van der Waals surface area contributed by atoms with Crippen LogP contribution >= 0.6 is 0 Å². The second-order valence-corrected chi connectivity index (χ2v) is 5.06. The summed E-state index contributed by atoms with van der Waals surface area (Å²) in [6.45, 7) is 8.32. The Morgan fingerprint density at radius 2 is 2.00 bits per heavy atom. The third-order valence-electron chi connectivity index (χ3n) is 3.88. The fourth-order valence-corrected chi connectivity index (χ4v) is 2.87. The van der Waals surface area contributed by atoms with Gasteiger partial charge in [0.25, 0.3) is 0 Å². The Labute approximate surface area is 109 Å². The number of amides is 1.